The van der Waals surface area contributed by atoms with E-state index in [0.29, 0.717) is 42.2 Å². The zero-order chi connectivity index (χ0) is 21.9. The molecule has 1 aliphatic rings. The van der Waals surface area contributed by atoms with Gasteiger partial charge in [-0.05, 0) is 67.7 Å². The van der Waals surface area contributed by atoms with Crippen molar-refractivity contribution in [2.75, 3.05) is 25.0 Å². The minimum Gasteiger partial charge on any atom is -0.338 e. The van der Waals surface area contributed by atoms with Crippen LogP contribution >= 0.6 is 11.6 Å². The Morgan fingerprint density at radius 2 is 1.45 bits per heavy atom. The van der Waals surface area contributed by atoms with Crippen LogP contribution < -0.4 is 21.3 Å². The highest BCUT2D eigenvalue weighted by Gasteiger charge is 2.22. The molecule has 0 saturated heterocycles. The summed E-state index contributed by atoms with van der Waals surface area (Å²) in [7, 11) is 0. The highest BCUT2D eigenvalue weighted by Crippen LogP contribution is 2.28. The van der Waals surface area contributed by atoms with E-state index in [0.717, 1.165) is 32.1 Å². The largest absolute Gasteiger partial charge is 0.338 e. The number of carbonyl (C=O) groups excluding carboxylic acids is 2. The lowest BCUT2D eigenvalue weighted by molar-refractivity contribution is 0.227. The number of halogens is 1. The number of benzene rings is 2. The normalized spacial score (nSPS) is 18.1. The summed E-state index contributed by atoms with van der Waals surface area (Å²) in [5.74, 6) is 0.970. The number of nitrogens with one attached hydrogen (secondary N) is 4. The molecular formula is C24H31ClN4O2. The third kappa shape index (κ3) is 8.50. The molecule has 0 heterocycles. The van der Waals surface area contributed by atoms with Gasteiger partial charge in [-0.25, -0.2) is 9.59 Å². The maximum Gasteiger partial charge on any atom is 0.319 e. The molecule has 3 rings (SSSR count). The van der Waals surface area contributed by atoms with Crippen molar-refractivity contribution in [3.05, 3.63) is 65.2 Å². The van der Waals surface area contributed by atoms with Gasteiger partial charge < -0.3 is 21.3 Å². The van der Waals surface area contributed by atoms with Gasteiger partial charge >= 0.3 is 12.1 Å². The van der Waals surface area contributed by atoms with Crippen molar-refractivity contribution in [2.24, 2.45) is 11.8 Å². The van der Waals surface area contributed by atoms with Gasteiger partial charge in [0.05, 0.1) is 0 Å². The molecule has 0 unspecified atom stereocenters. The van der Waals surface area contributed by atoms with Crippen LogP contribution in [0.5, 0.6) is 0 Å². The van der Waals surface area contributed by atoms with E-state index in [1.807, 2.05) is 24.3 Å². The van der Waals surface area contributed by atoms with Crippen LogP contribution in [-0.4, -0.2) is 31.7 Å². The second-order valence-corrected chi connectivity index (χ2v) is 8.54. The summed E-state index contributed by atoms with van der Waals surface area (Å²) in [6.07, 6.45) is 5.06. The molecule has 0 spiro atoms. The number of amides is 4. The van der Waals surface area contributed by atoms with E-state index < -0.39 is 0 Å². The summed E-state index contributed by atoms with van der Waals surface area (Å²) in [4.78, 5) is 24.1. The average Bonchev–Trinajstić information content (AvgIpc) is 2.78. The summed E-state index contributed by atoms with van der Waals surface area (Å²) in [6.45, 7) is 1.99. The summed E-state index contributed by atoms with van der Waals surface area (Å²) >= 11 is 5.93. The van der Waals surface area contributed by atoms with Crippen LogP contribution in [-0.2, 0) is 6.42 Å². The van der Waals surface area contributed by atoms with Crippen LogP contribution in [0.1, 0.15) is 31.2 Å². The molecule has 2 aromatic carbocycles. The van der Waals surface area contributed by atoms with E-state index in [1.54, 1.807) is 18.2 Å². The first-order valence-electron chi connectivity index (χ1n) is 10.9. The Morgan fingerprint density at radius 1 is 0.806 bits per heavy atom. The van der Waals surface area contributed by atoms with Crippen molar-refractivity contribution in [1.82, 2.24) is 16.0 Å². The van der Waals surface area contributed by atoms with E-state index in [4.69, 9.17) is 11.6 Å². The van der Waals surface area contributed by atoms with Gasteiger partial charge in [0.2, 0.25) is 0 Å². The third-order valence-corrected chi connectivity index (χ3v) is 5.93. The summed E-state index contributed by atoms with van der Waals surface area (Å²) < 4.78 is 0. The number of rotatable bonds is 8. The molecule has 4 amide bonds. The summed E-state index contributed by atoms with van der Waals surface area (Å²) in [5.41, 5.74) is 1.90. The predicted octanol–water partition coefficient (Wildman–Crippen LogP) is 4.81. The first-order chi connectivity index (χ1) is 15.1. The molecule has 166 valence electrons. The molecule has 1 fully saturated rings. The smallest absolute Gasteiger partial charge is 0.319 e. The SMILES string of the molecule is O=C(NCCc1ccccc1)NCC1CCC(CNC(=O)Nc2cccc(Cl)c2)CC1. The number of hydrogen-bond donors (Lipinski definition) is 4. The summed E-state index contributed by atoms with van der Waals surface area (Å²) in [5, 5.41) is 12.3. The Bertz CT molecular complexity index is 838. The Morgan fingerprint density at radius 3 is 2.10 bits per heavy atom. The van der Waals surface area contributed by atoms with Crippen molar-refractivity contribution < 1.29 is 9.59 Å². The number of urea groups is 2. The maximum absolute atomic E-state index is 12.1. The number of hydrogen-bond acceptors (Lipinski definition) is 2. The van der Waals surface area contributed by atoms with E-state index >= 15 is 0 Å². The van der Waals surface area contributed by atoms with E-state index in [9.17, 15) is 9.59 Å². The fraction of sp³-hybridized carbons (Fsp3) is 0.417. The standard InChI is InChI=1S/C24H31ClN4O2/c25-21-7-4-8-22(15-21)29-24(31)28-17-20-11-9-19(10-12-20)16-27-23(30)26-14-13-18-5-2-1-3-6-18/h1-8,15,19-20H,9-14,16-17H2,(H2,26,27,30)(H2,28,29,31). The lowest BCUT2D eigenvalue weighted by Crippen LogP contribution is -2.40. The molecule has 4 N–H and O–H groups in total. The van der Waals surface area contributed by atoms with Gasteiger partial charge in [0, 0.05) is 30.3 Å². The summed E-state index contributed by atoms with van der Waals surface area (Å²) in [6, 6.07) is 16.9. The minimum atomic E-state index is -0.210. The maximum atomic E-state index is 12.1. The molecule has 1 saturated carbocycles. The van der Waals surface area contributed by atoms with Gasteiger partial charge in [-0.2, -0.15) is 0 Å². The van der Waals surface area contributed by atoms with Crippen LogP contribution in [0.4, 0.5) is 15.3 Å². The van der Waals surface area contributed by atoms with Crippen molar-refractivity contribution in [2.45, 2.75) is 32.1 Å². The molecule has 31 heavy (non-hydrogen) atoms. The topological polar surface area (TPSA) is 82.3 Å². The predicted molar refractivity (Wildman–Crippen MR) is 125 cm³/mol. The van der Waals surface area contributed by atoms with Crippen molar-refractivity contribution in [1.29, 1.82) is 0 Å². The first kappa shape index (κ1) is 22.9. The molecular weight excluding hydrogens is 412 g/mol. The average molecular weight is 443 g/mol. The zero-order valence-corrected chi connectivity index (χ0v) is 18.5. The Balaban J connectivity index is 1.25. The molecule has 0 bridgehead atoms. The first-order valence-corrected chi connectivity index (χ1v) is 11.3. The number of anilines is 1. The van der Waals surface area contributed by atoms with Crippen LogP contribution in [0, 0.1) is 11.8 Å². The Labute approximate surface area is 189 Å². The van der Waals surface area contributed by atoms with Crippen molar-refractivity contribution in [3.8, 4) is 0 Å². The fourth-order valence-electron chi connectivity index (χ4n) is 3.88. The van der Waals surface area contributed by atoms with Gasteiger partial charge in [-0.15, -0.1) is 0 Å². The second kappa shape index (κ2) is 12.2. The number of carbonyl (C=O) groups is 2. The molecule has 1 aliphatic carbocycles. The van der Waals surface area contributed by atoms with Crippen LogP contribution in [0.15, 0.2) is 54.6 Å². The molecule has 7 heteroatoms. The Hall–Kier alpha value is -2.73. The fourth-order valence-corrected chi connectivity index (χ4v) is 4.07. The highest BCUT2D eigenvalue weighted by molar-refractivity contribution is 6.30. The van der Waals surface area contributed by atoms with Crippen molar-refractivity contribution in [3.63, 3.8) is 0 Å². The van der Waals surface area contributed by atoms with E-state index in [-0.39, 0.29) is 12.1 Å². The molecule has 2 aromatic rings. The van der Waals surface area contributed by atoms with Crippen molar-refractivity contribution >= 4 is 29.4 Å². The van der Waals surface area contributed by atoms with Gasteiger partial charge in [-0.1, -0.05) is 48.0 Å². The van der Waals surface area contributed by atoms with Gasteiger partial charge in [0.15, 0.2) is 0 Å². The van der Waals surface area contributed by atoms with E-state index in [1.165, 1.54) is 5.56 Å². The molecule has 0 aromatic heterocycles. The van der Waals surface area contributed by atoms with Crippen LogP contribution in [0.25, 0.3) is 0 Å². The zero-order valence-electron chi connectivity index (χ0n) is 17.7. The monoisotopic (exact) mass is 442 g/mol. The molecule has 0 radical (unpaired) electrons. The third-order valence-electron chi connectivity index (χ3n) is 5.69. The highest BCUT2D eigenvalue weighted by atomic mass is 35.5. The lowest BCUT2D eigenvalue weighted by Gasteiger charge is -2.28. The lowest BCUT2D eigenvalue weighted by atomic mass is 9.82. The quantitative estimate of drug-likeness (QED) is 0.473. The molecule has 6 nitrogen and oxygen atoms in total. The van der Waals surface area contributed by atoms with Gasteiger partial charge in [0.1, 0.15) is 0 Å². The molecule has 0 atom stereocenters. The van der Waals surface area contributed by atoms with Gasteiger partial charge in [-0.3, -0.25) is 0 Å². The van der Waals surface area contributed by atoms with Crippen LogP contribution in [0.3, 0.4) is 0 Å². The second-order valence-electron chi connectivity index (χ2n) is 8.10. The van der Waals surface area contributed by atoms with E-state index in [2.05, 4.69) is 33.4 Å². The van der Waals surface area contributed by atoms with Crippen LogP contribution in [0.2, 0.25) is 5.02 Å². The van der Waals surface area contributed by atoms with Gasteiger partial charge in [0.25, 0.3) is 0 Å². The minimum absolute atomic E-state index is 0.0996. The molecule has 0 aliphatic heterocycles. The Kier molecular flexibility index (Phi) is 9.03.